The van der Waals surface area contributed by atoms with Crippen LogP contribution in [0.3, 0.4) is 0 Å². The summed E-state index contributed by atoms with van der Waals surface area (Å²) in [5, 5.41) is 0. The van der Waals surface area contributed by atoms with E-state index >= 15 is 0 Å². The third kappa shape index (κ3) is 5.18. The van der Waals surface area contributed by atoms with Gasteiger partial charge in [0.1, 0.15) is 0 Å². The molecular weight excluding hydrogens is 294 g/mol. The molecule has 2 rings (SSSR count). The van der Waals surface area contributed by atoms with Gasteiger partial charge in [0.15, 0.2) is 0 Å². The van der Waals surface area contributed by atoms with Gasteiger partial charge in [-0.1, -0.05) is 0 Å². The highest BCUT2D eigenvalue weighted by molar-refractivity contribution is 5.79. The van der Waals surface area contributed by atoms with Gasteiger partial charge in [-0.05, 0) is 39.8 Å². The van der Waals surface area contributed by atoms with Gasteiger partial charge in [-0.25, -0.2) is 0 Å². The molecule has 23 heavy (non-hydrogen) atoms. The van der Waals surface area contributed by atoms with Crippen molar-refractivity contribution in [2.45, 2.75) is 33.1 Å². The van der Waals surface area contributed by atoms with Crippen LogP contribution in [0.15, 0.2) is 0 Å². The number of ether oxygens (including phenoxy) is 1. The maximum atomic E-state index is 12.4. The lowest BCUT2D eigenvalue weighted by atomic mass is 9.95. The molecule has 0 aromatic carbocycles. The lowest BCUT2D eigenvalue weighted by Crippen LogP contribution is -2.44. The van der Waals surface area contributed by atoms with Crippen molar-refractivity contribution < 1.29 is 14.3 Å². The summed E-state index contributed by atoms with van der Waals surface area (Å²) in [7, 11) is 0. The van der Waals surface area contributed by atoms with Crippen LogP contribution in [-0.2, 0) is 14.3 Å². The number of hydrogen-bond acceptors (Lipinski definition) is 4. The van der Waals surface area contributed by atoms with E-state index in [0.29, 0.717) is 25.5 Å². The van der Waals surface area contributed by atoms with Gasteiger partial charge in [0, 0.05) is 45.1 Å². The maximum absolute atomic E-state index is 12.4. The number of carbonyl (C=O) groups is 2. The third-order valence-corrected chi connectivity index (χ3v) is 5.02. The van der Waals surface area contributed by atoms with Crippen LogP contribution in [0.1, 0.15) is 33.1 Å². The highest BCUT2D eigenvalue weighted by Gasteiger charge is 2.27. The van der Waals surface area contributed by atoms with Crippen molar-refractivity contribution >= 4 is 11.8 Å². The molecule has 0 aromatic rings. The molecule has 0 unspecified atom stereocenters. The van der Waals surface area contributed by atoms with E-state index in [1.807, 2.05) is 23.6 Å². The Morgan fingerprint density at radius 2 is 1.65 bits per heavy atom. The molecular formula is C17H31N3O3. The number of likely N-dealkylation sites (tertiary alicyclic amines) is 1. The second kappa shape index (κ2) is 9.23. The topological polar surface area (TPSA) is 53.1 Å². The monoisotopic (exact) mass is 325 g/mol. The number of hydrogen-bond donors (Lipinski definition) is 0. The van der Waals surface area contributed by atoms with E-state index in [4.69, 9.17) is 4.74 Å². The second-order valence-electron chi connectivity index (χ2n) is 6.37. The van der Waals surface area contributed by atoms with Crippen molar-refractivity contribution in [1.29, 1.82) is 0 Å². The van der Waals surface area contributed by atoms with E-state index in [1.165, 1.54) is 0 Å². The quantitative estimate of drug-likeness (QED) is 0.725. The molecule has 0 radical (unpaired) electrons. The molecule has 0 bridgehead atoms. The minimum absolute atomic E-state index is 0.168. The van der Waals surface area contributed by atoms with Gasteiger partial charge in [-0.2, -0.15) is 0 Å². The minimum Gasteiger partial charge on any atom is -0.378 e. The summed E-state index contributed by atoms with van der Waals surface area (Å²) in [6.45, 7) is 11.1. The van der Waals surface area contributed by atoms with Crippen LogP contribution in [0, 0.1) is 5.92 Å². The highest BCUT2D eigenvalue weighted by Crippen LogP contribution is 2.20. The predicted molar refractivity (Wildman–Crippen MR) is 89.1 cm³/mol. The average molecular weight is 325 g/mol. The summed E-state index contributed by atoms with van der Waals surface area (Å²) in [5.74, 6) is 0.703. The Balaban J connectivity index is 1.68. The molecule has 2 heterocycles. The summed E-state index contributed by atoms with van der Waals surface area (Å²) in [6, 6.07) is 0. The molecule has 6 heteroatoms. The number of carbonyl (C=O) groups excluding carboxylic acids is 2. The molecule has 2 aliphatic heterocycles. The largest absolute Gasteiger partial charge is 0.378 e. The molecule has 6 nitrogen and oxygen atoms in total. The van der Waals surface area contributed by atoms with E-state index in [0.717, 1.165) is 58.7 Å². The summed E-state index contributed by atoms with van der Waals surface area (Å²) < 4.78 is 5.28. The van der Waals surface area contributed by atoms with E-state index in [-0.39, 0.29) is 11.8 Å². The normalized spacial score (nSPS) is 20.5. The molecule has 2 amide bonds. The predicted octanol–water partition coefficient (Wildman–Crippen LogP) is 0.816. The SMILES string of the molecule is CCN(CC)C(=O)C1CCN(CCC(=O)N2CCOCC2)CC1. The first-order chi connectivity index (χ1) is 11.2. The zero-order valence-corrected chi connectivity index (χ0v) is 14.6. The Hall–Kier alpha value is -1.14. The molecule has 0 atom stereocenters. The van der Waals surface area contributed by atoms with Crippen LogP contribution in [0.4, 0.5) is 0 Å². The standard InChI is InChI=1S/C17H31N3O3/c1-3-19(4-2)17(22)15-5-8-18(9-6-15)10-7-16(21)20-11-13-23-14-12-20/h15H,3-14H2,1-2H3. The van der Waals surface area contributed by atoms with Crippen molar-refractivity contribution in [2.75, 3.05) is 59.0 Å². The maximum Gasteiger partial charge on any atom is 0.225 e. The molecule has 0 saturated carbocycles. The Morgan fingerprint density at radius 1 is 1.04 bits per heavy atom. The van der Waals surface area contributed by atoms with Crippen molar-refractivity contribution in [3.8, 4) is 0 Å². The van der Waals surface area contributed by atoms with Crippen molar-refractivity contribution in [1.82, 2.24) is 14.7 Å². The van der Waals surface area contributed by atoms with Crippen molar-refractivity contribution in [2.24, 2.45) is 5.92 Å². The molecule has 0 aliphatic carbocycles. The second-order valence-corrected chi connectivity index (χ2v) is 6.37. The Morgan fingerprint density at radius 3 is 2.22 bits per heavy atom. The van der Waals surface area contributed by atoms with Gasteiger partial charge in [-0.3, -0.25) is 9.59 Å². The van der Waals surface area contributed by atoms with E-state index in [9.17, 15) is 9.59 Å². The summed E-state index contributed by atoms with van der Waals surface area (Å²) in [6.07, 6.45) is 2.41. The van der Waals surface area contributed by atoms with Crippen LogP contribution >= 0.6 is 0 Å². The van der Waals surface area contributed by atoms with Gasteiger partial charge < -0.3 is 19.4 Å². The molecule has 0 aromatic heterocycles. The lowest BCUT2D eigenvalue weighted by Gasteiger charge is -2.34. The number of rotatable bonds is 6. The molecule has 2 fully saturated rings. The first kappa shape index (κ1) is 18.2. The fraction of sp³-hybridized carbons (Fsp3) is 0.882. The molecule has 2 saturated heterocycles. The fourth-order valence-corrected chi connectivity index (χ4v) is 3.42. The summed E-state index contributed by atoms with van der Waals surface area (Å²) in [5.41, 5.74) is 0. The number of amides is 2. The van der Waals surface area contributed by atoms with Gasteiger partial charge in [0.05, 0.1) is 13.2 Å². The number of piperidine rings is 1. The van der Waals surface area contributed by atoms with Crippen LogP contribution in [0.2, 0.25) is 0 Å². The number of nitrogens with zero attached hydrogens (tertiary/aromatic N) is 3. The van der Waals surface area contributed by atoms with E-state index in [1.54, 1.807) is 0 Å². The first-order valence-electron chi connectivity index (χ1n) is 9.02. The smallest absolute Gasteiger partial charge is 0.225 e. The van der Waals surface area contributed by atoms with E-state index in [2.05, 4.69) is 4.90 Å². The van der Waals surface area contributed by atoms with Crippen molar-refractivity contribution in [3.05, 3.63) is 0 Å². The average Bonchev–Trinajstić information content (AvgIpc) is 2.61. The van der Waals surface area contributed by atoms with Gasteiger partial charge in [0.2, 0.25) is 11.8 Å². The summed E-state index contributed by atoms with van der Waals surface area (Å²) in [4.78, 5) is 30.7. The molecule has 132 valence electrons. The first-order valence-corrected chi connectivity index (χ1v) is 9.02. The van der Waals surface area contributed by atoms with Crippen molar-refractivity contribution in [3.63, 3.8) is 0 Å². The molecule has 0 spiro atoms. The zero-order valence-electron chi connectivity index (χ0n) is 14.6. The third-order valence-electron chi connectivity index (χ3n) is 5.02. The van der Waals surface area contributed by atoms with Gasteiger partial charge >= 0.3 is 0 Å². The highest BCUT2D eigenvalue weighted by atomic mass is 16.5. The van der Waals surface area contributed by atoms with Crippen LogP contribution in [0.25, 0.3) is 0 Å². The van der Waals surface area contributed by atoms with Gasteiger partial charge in [0.25, 0.3) is 0 Å². The van der Waals surface area contributed by atoms with Gasteiger partial charge in [-0.15, -0.1) is 0 Å². The zero-order chi connectivity index (χ0) is 16.7. The fourth-order valence-electron chi connectivity index (χ4n) is 3.42. The lowest BCUT2D eigenvalue weighted by molar-refractivity contribution is -0.138. The Kier molecular flexibility index (Phi) is 7.30. The Labute approximate surface area is 139 Å². The van der Waals surface area contributed by atoms with E-state index < -0.39 is 0 Å². The molecule has 0 N–H and O–H groups in total. The van der Waals surface area contributed by atoms with Crippen LogP contribution in [-0.4, -0.2) is 85.5 Å². The summed E-state index contributed by atoms with van der Waals surface area (Å²) >= 11 is 0. The van der Waals surface area contributed by atoms with Crippen LogP contribution in [0.5, 0.6) is 0 Å². The van der Waals surface area contributed by atoms with Crippen LogP contribution < -0.4 is 0 Å². The number of morpholine rings is 1. The molecule has 2 aliphatic rings. The Bertz CT molecular complexity index is 385. The minimum atomic E-state index is 0.168.